The third kappa shape index (κ3) is 4.78. The zero-order valence-electron chi connectivity index (χ0n) is 23.0. The van der Waals surface area contributed by atoms with E-state index < -0.39 is 17.7 Å². The van der Waals surface area contributed by atoms with Crippen LogP contribution in [0.5, 0.6) is 5.75 Å². The number of aliphatic hydroxyl groups is 1. The molecule has 1 aliphatic heterocycles. The summed E-state index contributed by atoms with van der Waals surface area (Å²) in [6, 6.07) is 18.4. The van der Waals surface area contributed by atoms with Crippen molar-refractivity contribution in [2.24, 2.45) is 0 Å². The van der Waals surface area contributed by atoms with Crippen molar-refractivity contribution >= 4 is 28.8 Å². The highest BCUT2D eigenvalue weighted by Gasteiger charge is 2.47. The minimum absolute atomic E-state index is 0.0813. The number of Topliss-reactive ketones (excluding diaryl/α,β-unsaturated/α-hetero) is 1. The molecule has 6 heteroatoms. The first-order valence-corrected chi connectivity index (χ1v) is 13.2. The van der Waals surface area contributed by atoms with Crippen molar-refractivity contribution in [3.63, 3.8) is 0 Å². The molecule has 198 valence electrons. The fraction of sp³-hybridized carbons (Fsp3) is 0.312. The standard InChI is InChI=1S/C32H36N2O4/c1-7-22-10-14-25(15-11-22)34-29(23-12-16-24(17-13-23)33(8-2)9-3)28(31(36)32(34)37)30(35)26-18-21(5)27(38-6)19-20(26)4/h10-19,29,35H,7-9H2,1-6H3/b30-28+. The van der Waals surface area contributed by atoms with E-state index in [4.69, 9.17) is 4.74 Å². The van der Waals surface area contributed by atoms with Gasteiger partial charge in [-0.25, -0.2) is 0 Å². The number of nitrogens with zero attached hydrogens (tertiary/aromatic N) is 2. The van der Waals surface area contributed by atoms with Gasteiger partial charge in [0.25, 0.3) is 11.7 Å². The summed E-state index contributed by atoms with van der Waals surface area (Å²) < 4.78 is 5.43. The van der Waals surface area contributed by atoms with Gasteiger partial charge in [0.05, 0.1) is 18.7 Å². The highest BCUT2D eigenvalue weighted by molar-refractivity contribution is 6.51. The van der Waals surface area contributed by atoms with Gasteiger partial charge in [0.1, 0.15) is 11.5 Å². The predicted molar refractivity (Wildman–Crippen MR) is 153 cm³/mol. The number of ketones is 1. The summed E-state index contributed by atoms with van der Waals surface area (Å²) in [4.78, 5) is 30.8. The normalized spacial score (nSPS) is 16.7. The van der Waals surface area contributed by atoms with E-state index in [9.17, 15) is 14.7 Å². The topological polar surface area (TPSA) is 70.1 Å². The van der Waals surface area contributed by atoms with Gasteiger partial charge in [-0.1, -0.05) is 31.2 Å². The molecule has 0 saturated carbocycles. The molecule has 0 radical (unpaired) electrons. The van der Waals surface area contributed by atoms with Gasteiger partial charge >= 0.3 is 0 Å². The second-order valence-corrected chi connectivity index (χ2v) is 9.59. The van der Waals surface area contributed by atoms with E-state index in [1.807, 2.05) is 68.4 Å². The molecule has 0 spiro atoms. The SMILES string of the molecule is CCc1ccc(N2C(=O)C(=O)/C(=C(/O)c3cc(C)c(OC)cc3C)C2c2ccc(N(CC)CC)cc2)cc1. The van der Waals surface area contributed by atoms with Crippen molar-refractivity contribution in [1.82, 2.24) is 0 Å². The Kier molecular flexibility index (Phi) is 7.91. The van der Waals surface area contributed by atoms with E-state index in [-0.39, 0.29) is 11.3 Å². The Balaban J connectivity index is 1.92. The van der Waals surface area contributed by atoms with Crippen LogP contribution in [0.3, 0.4) is 0 Å². The molecule has 1 fully saturated rings. The van der Waals surface area contributed by atoms with Crippen LogP contribution in [-0.4, -0.2) is 37.0 Å². The lowest BCUT2D eigenvalue weighted by atomic mass is 9.92. The average molecular weight is 513 g/mol. The van der Waals surface area contributed by atoms with Gasteiger partial charge < -0.3 is 14.7 Å². The van der Waals surface area contributed by atoms with Crippen LogP contribution >= 0.6 is 0 Å². The number of aliphatic hydroxyl groups excluding tert-OH is 1. The monoisotopic (exact) mass is 512 g/mol. The maximum absolute atomic E-state index is 13.6. The highest BCUT2D eigenvalue weighted by Crippen LogP contribution is 2.43. The number of carbonyl (C=O) groups excluding carboxylic acids is 2. The van der Waals surface area contributed by atoms with Crippen molar-refractivity contribution in [2.75, 3.05) is 30.0 Å². The van der Waals surface area contributed by atoms with E-state index in [1.54, 1.807) is 13.2 Å². The van der Waals surface area contributed by atoms with Crippen LogP contribution in [0.25, 0.3) is 5.76 Å². The lowest BCUT2D eigenvalue weighted by Crippen LogP contribution is -2.29. The first-order chi connectivity index (χ1) is 18.2. The van der Waals surface area contributed by atoms with Gasteiger partial charge in [-0.2, -0.15) is 0 Å². The van der Waals surface area contributed by atoms with E-state index in [0.29, 0.717) is 17.0 Å². The second-order valence-electron chi connectivity index (χ2n) is 9.59. The molecule has 0 aromatic heterocycles. The van der Waals surface area contributed by atoms with Crippen molar-refractivity contribution < 1.29 is 19.4 Å². The van der Waals surface area contributed by atoms with Crippen molar-refractivity contribution in [3.05, 3.63) is 94.1 Å². The molecule has 6 nitrogen and oxygen atoms in total. The fourth-order valence-corrected chi connectivity index (χ4v) is 5.17. The lowest BCUT2D eigenvalue weighted by molar-refractivity contribution is -0.132. The minimum Gasteiger partial charge on any atom is -0.507 e. The smallest absolute Gasteiger partial charge is 0.300 e. The zero-order chi connectivity index (χ0) is 27.6. The molecule has 1 aliphatic rings. The molecule has 0 bridgehead atoms. The number of hydrogen-bond acceptors (Lipinski definition) is 5. The first-order valence-electron chi connectivity index (χ1n) is 13.2. The fourth-order valence-electron chi connectivity index (χ4n) is 5.17. The van der Waals surface area contributed by atoms with Crippen LogP contribution in [0.1, 0.15) is 54.6 Å². The van der Waals surface area contributed by atoms with Gasteiger partial charge in [0.2, 0.25) is 0 Å². The van der Waals surface area contributed by atoms with E-state index in [1.165, 1.54) is 4.90 Å². The Bertz CT molecular complexity index is 1370. The number of methoxy groups -OCH3 is 1. The average Bonchev–Trinajstić information content (AvgIpc) is 3.20. The molecule has 1 heterocycles. The third-order valence-electron chi connectivity index (χ3n) is 7.40. The van der Waals surface area contributed by atoms with E-state index >= 15 is 0 Å². The predicted octanol–water partition coefficient (Wildman–Crippen LogP) is 6.35. The number of benzene rings is 3. The number of aryl methyl sites for hydroxylation is 3. The summed E-state index contributed by atoms with van der Waals surface area (Å²) in [7, 11) is 1.60. The van der Waals surface area contributed by atoms with Crippen LogP contribution in [0.4, 0.5) is 11.4 Å². The number of carbonyl (C=O) groups is 2. The van der Waals surface area contributed by atoms with Gasteiger partial charge in [-0.15, -0.1) is 0 Å². The molecule has 1 atom stereocenters. The summed E-state index contributed by atoms with van der Waals surface area (Å²) >= 11 is 0. The number of ether oxygens (including phenoxy) is 1. The number of amides is 1. The molecule has 3 aromatic carbocycles. The Morgan fingerprint density at radius 1 is 0.921 bits per heavy atom. The molecular formula is C32H36N2O4. The van der Waals surface area contributed by atoms with E-state index in [0.717, 1.165) is 47.5 Å². The molecule has 0 aliphatic carbocycles. The molecule has 1 amide bonds. The minimum atomic E-state index is -0.768. The second kappa shape index (κ2) is 11.1. The molecule has 4 rings (SSSR count). The van der Waals surface area contributed by atoms with Gasteiger partial charge in [-0.3, -0.25) is 14.5 Å². The Morgan fingerprint density at radius 2 is 1.55 bits per heavy atom. The number of hydrogen-bond donors (Lipinski definition) is 1. The molecule has 3 aromatic rings. The van der Waals surface area contributed by atoms with Crippen molar-refractivity contribution in [2.45, 2.75) is 47.1 Å². The van der Waals surface area contributed by atoms with E-state index in [2.05, 4.69) is 25.7 Å². The summed E-state index contributed by atoms with van der Waals surface area (Å²) in [6.07, 6.45) is 0.867. The van der Waals surface area contributed by atoms with Gasteiger partial charge in [0, 0.05) is 30.0 Å². The summed E-state index contributed by atoms with van der Waals surface area (Å²) in [5.41, 5.74) is 5.72. The highest BCUT2D eigenvalue weighted by atomic mass is 16.5. The maximum Gasteiger partial charge on any atom is 0.300 e. The quantitative estimate of drug-likeness (QED) is 0.216. The zero-order valence-corrected chi connectivity index (χ0v) is 23.0. The number of anilines is 2. The molecular weight excluding hydrogens is 476 g/mol. The maximum atomic E-state index is 13.6. The Morgan fingerprint density at radius 3 is 2.11 bits per heavy atom. The summed E-state index contributed by atoms with van der Waals surface area (Å²) in [5.74, 6) is -0.847. The Labute approximate surface area is 225 Å². The molecule has 1 saturated heterocycles. The molecule has 1 unspecified atom stereocenters. The van der Waals surface area contributed by atoms with Crippen LogP contribution < -0.4 is 14.5 Å². The van der Waals surface area contributed by atoms with Gasteiger partial charge in [0.15, 0.2) is 0 Å². The van der Waals surface area contributed by atoms with Crippen molar-refractivity contribution in [1.29, 1.82) is 0 Å². The van der Waals surface area contributed by atoms with Crippen molar-refractivity contribution in [3.8, 4) is 5.75 Å². The summed E-state index contributed by atoms with van der Waals surface area (Å²) in [5, 5.41) is 11.6. The Hall–Kier alpha value is -4.06. The number of rotatable bonds is 8. The van der Waals surface area contributed by atoms with Crippen LogP contribution in [0.2, 0.25) is 0 Å². The third-order valence-corrected chi connectivity index (χ3v) is 7.40. The molecule has 1 N–H and O–H groups in total. The summed E-state index contributed by atoms with van der Waals surface area (Å²) in [6.45, 7) is 11.7. The van der Waals surface area contributed by atoms with Crippen LogP contribution in [0, 0.1) is 13.8 Å². The van der Waals surface area contributed by atoms with Gasteiger partial charge in [-0.05, 0) is 92.8 Å². The first kappa shape index (κ1) is 27.0. The van der Waals surface area contributed by atoms with Crippen LogP contribution in [-0.2, 0) is 16.0 Å². The lowest BCUT2D eigenvalue weighted by Gasteiger charge is -2.27. The van der Waals surface area contributed by atoms with Crippen LogP contribution in [0.15, 0.2) is 66.2 Å². The largest absolute Gasteiger partial charge is 0.507 e. The molecule has 38 heavy (non-hydrogen) atoms.